The fourth-order valence-corrected chi connectivity index (χ4v) is 2.44. The smallest absolute Gasteiger partial charge is 0.337 e. The molecule has 0 spiro atoms. The lowest BCUT2D eigenvalue weighted by molar-refractivity contribution is 0.0601. The molecule has 0 bridgehead atoms. The van der Waals surface area contributed by atoms with Crippen LogP contribution in [0.4, 0.5) is 5.69 Å². The Balaban J connectivity index is 2.02. The van der Waals surface area contributed by atoms with Crippen LogP contribution in [0.5, 0.6) is 5.88 Å². The topological polar surface area (TPSA) is 74.7 Å². The molecule has 0 saturated carbocycles. The molecule has 0 atom stereocenters. The molecule has 1 heterocycles. The highest BCUT2D eigenvalue weighted by atomic mass is 35.5. The maximum absolute atomic E-state index is 11.6. The zero-order chi connectivity index (χ0) is 16.4. The van der Waals surface area contributed by atoms with E-state index in [0.717, 1.165) is 10.9 Å². The lowest BCUT2D eigenvalue weighted by Crippen LogP contribution is -2.00. The van der Waals surface area contributed by atoms with Gasteiger partial charge in [0, 0.05) is 17.1 Å². The Morgan fingerprint density at radius 3 is 2.87 bits per heavy atom. The summed E-state index contributed by atoms with van der Waals surface area (Å²) in [5.74, 6) is -0.441. The molecule has 0 saturated heterocycles. The number of aromatic nitrogens is 1. The summed E-state index contributed by atoms with van der Waals surface area (Å²) in [5.41, 5.74) is 2.13. The summed E-state index contributed by atoms with van der Waals surface area (Å²) in [5, 5.41) is 11.2. The molecule has 0 aliphatic rings. The van der Waals surface area contributed by atoms with Gasteiger partial charge in [0.2, 0.25) is 0 Å². The third kappa shape index (κ3) is 2.91. The third-order valence-electron chi connectivity index (χ3n) is 3.43. The number of carbonyl (C=O) groups is 1. The highest BCUT2D eigenvalue weighted by molar-refractivity contribution is 6.33. The van der Waals surface area contributed by atoms with Crippen LogP contribution in [0, 0.1) is 0 Å². The number of halogens is 1. The van der Waals surface area contributed by atoms with Gasteiger partial charge < -0.3 is 14.8 Å². The highest BCUT2D eigenvalue weighted by Crippen LogP contribution is 2.29. The van der Waals surface area contributed by atoms with Crippen molar-refractivity contribution in [2.24, 2.45) is 4.99 Å². The number of nitrogens with zero attached hydrogens (tertiary/aromatic N) is 1. The van der Waals surface area contributed by atoms with Crippen LogP contribution in [0.3, 0.4) is 0 Å². The number of esters is 1. The van der Waals surface area contributed by atoms with Gasteiger partial charge in [-0.15, -0.1) is 0 Å². The Morgan fingerprint density at radius 2 is 2.09 bits per heavy atom. The lowest BCUT2D eigenvalue weighted by Gasteiger charge is -2.02. The SMILES string of the molecule is COC(=O)c1ccc(Cl)c(N=Cc2c(O)[nH]c3ccccc23)c1. The standard InChI is InChI=1S/C17H13ClN2O3/c1-23-17(22)10-6-7-13(18)15(8-10)19-9-12-11-4-2-3-5-14(11)20-16(12)21/h2-9,20-21H,1H3. The minimum Gasteiger partial charge on any atom is -0.494 e. The van der Waals surface area contributed by atoms with E-state index in [1.807, 2.05) is 24.3 Å². The fourth-order valence-electron chi connectivity index (χ4n) is 2.27. The van der Waals surface area contributed by atoms with Gasteiger partial charge in [0.05, 0.1) is 28.9 Å². The van der Waals surface area contributed by atoms with Crippen LogP contribution in [-0.2, 0) is 4.74 Å². The average Bonchev–Trinajstić information content (AvgIpc) is 2.88. The van der Waals surface area contributed by atoms with Crippen LogP contribution in [0.15, 0.2) is 47.5 Å². The van der Waals surface area contributed by atoms with Crippen molar-refractivity contribution in [3.8, 4) is 5.88 Å². The van der Waals surface area contributed by atoms with Crippen LogP contribution in [-0.4, -0.2) is 29.4 Å². The van der Waals surface area contributed by atoms with E-state index in [2.05, 4.69) is 14.7 Å². The number of H-pyrrole nitrogens is 1. The number of methoxy groups -OCH3 is 1. The quantitative estimate of drug-likeness (QED) is 0.562. The molecule has 5 nitrogen and oxygen atoms in total. The predicted octanol–water partition coefficient (Wildman–Crippen LogP) is 4.06. The molecule has 2 aromatic carbocycles. The summed E-state index contributed by atoms with van der Waals surface area (Å²) in [6, 6.07) is 12.2. The van der Waals surface area contributed by atoms with Crippen LogP contribution in [0.2, 0.25) is 5.02 Å². The van der Waals surface area contributed by atoms with Crippen LogP contribution >= 0.6 is 11.6 Å². The van der Waals surface area contributed by atoms with E-state index in [1.54, 1.807) is 12.1 Å². The summed E-state index contributed by atoms with van der Waals surface area (Å²) in [6.07, 6.45) is 1.51. The van der Waals surface area contributed by atoms with Gasteiger partial charge >= 0.3 is 5.97 Å². The second-order valence-corrected chi connectivity index (χ2v) is 5.26. The Morgan fingerprint density at radius 1 is 1.30 bits per heavy atom. The number of fused-ring (bicyclic) bond motifs is 1. The van der Waals surface area contributed by atoms with Gasteiger partial charge in [0.25, 0.3) is 0 Å². The van der Waals surface area contributed by atoms with Crippen molar-refractivity contribution in [2.75, 3.05) is 7.11 Å². The highest BCUT2D eigenvalue weighted by Gasteiger charge is 2.10. The Kier molecular flexibility index (Phi) is 4.04. The fraction of sp³-hybridized carbons (Fsp3) is 0.0588. The van der Waals surface area contributed by atoms with E-state index < -0.39 is 5.97 Å². The van der Waals surface area contributed by atoms with E-state index >= 15 is 0 Å². The number of aromatic hydroxyl groups is 1. The van der Waals surface area contributed by atoms with E-state index in [0.29, 0.717) is 21.8 Å². The van der Waals surface area contributed by atoms with Gasteiger partial charge in [-0.2, -0.15) is 0 Å². The molecule has 23 heavy (non-hydrogen) atoms. The normalized spacial score (nSPS) is 11.2. The summed E-state index contributed by atoms with van der Waals surface area (Å²) >= 11 is 6.11. The van der Waals surface area contributed by atoms with E-state index in [1.165, 1.54) is 19.4 Å². The minimum absolute atomic E-state index is 0.0233. The zero-order valence-corrected chi connectivity index (χ0v) is 13.0. The molecule has 0 radical (unpaired) electrons. The molecule has 0 fully saturated rings. The predicted molar refractivity (Wildman–Crippen MR) is 90.0 cm³/mol. The largest absolute Gasteiger partial charge is 0.494 e. The van der Waals surface area contributed by atoms with E-state index in [9.17, 15) is 9.90 Å². The second-order valence-electron chi connectivity index (χ2n) is 4.85. The zero-order valence-electron chi connectivity index (χ0n) is 12.2. The maximum Gasteiger partial charge on any atom is 0.337 e. The number of para-hydroxylation sites is 1. The number of ether oxygens (including phenoxy) is 1. The summed E-state index contributed by atoms with van der Waals surface area (Å²) in [6.45, 7) is 0. The number of aromatic amines is 1. The van der Waals surface area contributed by atoms with Crippen molar-refractivity contribution >= 4 is 40.4 Å². The van der Waals surface area contributed by atoms with Gasteiger partial charge in [0.15, 0.2) is 5.88 Å². The third-order valence-corrected chi connectivity index (χ3v) is 3.75. The summed E-state index contributed by atoms with van der Waals surface area (Å²) in [4.78, 5) is 18.7. The molecule has 6 heteroatoms. The molecule has 2 N–H and O–H groups in total. The first kappa shape index (κ1) is 15.1. The van der Waals surface area contributed by atoms with Crippen molar-refractivity contribution in [2.45, 2.75) is 0 Å². The molecule has 0 amide bonds. The van der Waals surface area contributed by atoms with Crippen molar-refractivity contribution < 1.29 is 14.6 Å². The molecule has 0 aliphatic heterocycles. The first-order chi connectivity index (χ1) is 11.1. The number of carbonyl (C=O) groups excluding carboxylic acids is 1. The molecule has 3 aromatic rings. The number of rotatable bonds is 3. The van der Waals surface area contributed by atoms with Crippen molar-refractivity contribution in [3.05, 3.63) is 58.6 Å². The lowest BCUT2D eigenvalue weighted by atomic mass is 10.2. The average molecular weight is 329 g/mol. The van der Waals surface area contributed by atoms with Crippen molar-refractivity contribution in [1.82, 2.24) is 4.98 Å². The van der Waals surface area contributed by atoms with E-state index in [4.69, 9.17) is 11.6 Å². The molecule has 1 aromatic heterocycles. The minimum atomic E-state index is -0.465. The number of benzene rings is 2. The Labute approximate surface area is 137 Å². The van der Waals surface area contributed by atoms with Crippen molar-refractivity contribution in [3.63, 3.8) is 0 Å². The van der Waals surface area contributed by atoms with Crippen molar-refractivity contribution in [1.29, 1.82) is 0 Å². The Hall–Kier alpha value is -2.79. The van der Waals surface area contributed by atoms with Gasteiger partial charge in [-0.3, -0.25) is 4.99 Å². The first-order valence-electron chi connectivity index (χ1n) is 6.81. The van der Waals surface area contributed by atoms with Gasteiger partial charge in [-0.05, 0) is 24.3 Å². The maximum atomic E-state index is 11.6. The van der Waals surface area contributed by atoms with E-state index in [-0.39, 0.29) is 5.88 Å². The van der Waals surface area contributed by atoms with Gasteiger partial charge in [-0.25, -0.2) is 4.79 Å². The first-order valence-corrected chi connectivity index (χ1v) is 7.19. The molecule has 0 unspecified atom stereocenters. The van der Waals surface area contributed by atoms with Crippen LogP contribution in [0.25, 0.3) is 10.9 Å². The van der Waals surface area contributed by atoms with Gasteiger partial charge in [0.1, 0.15) is 0 Å². The molecule has 3 rings (SSSR count). The van der Waals surface area contributed by atoms with Crippen LogP contribution in [0.1, 0.15) is 15.9 Å². The van der Waals surface area contributed by atoms with Gasteiger partial charge in [-0.1, -0.05) is 29.8 Å². The number of nitrogens with one attached hydrogen (secondary N) is 1. The van der Waals surface area contributed by atoms with Crippen LogP contribution < -0.4 is 0 Å². The summed E-state index contributed by atoms with van der Waals surface area (Å²) in [7, 11) is 1.31. The molecule has 116 valence electrons. The molecular weight excluding hydrogens is 316 g/mol. The Bertz CT molecular complexity index is 915. The number of hydrogen-bond donors (Lipinski definition) is 2. The molecular formula is C17H13ClN2O3. The summed E-state index contributed by atoms with van der Waals surface area (Å²) < 4.78 is 4.68. The monoisotopic (exact) mass is 328 g/mol. The number of aliphatic imine (C=N–C) groups is 1. The number of hydrogen-bond acceptors (Lipinski definition) is 4. The molecule has 0 aliphatic carbocycles. The second kappa shape index (κ2) is 6.14.